The molecule has 136 valence electrons. The molecule has 0 unspecified atom stereocenters. The van der Waals surface area contributed by atoms with Gasteiger partial charge in [0, 0.05) is 23.9 Å². The van der Waals surface area contributed by atoms with Gasteiger partial charge in [-0.1, -0.05) is 36.4 Å². The standard InChI is InChI=1S/C21H20N4O2/c22-10-11-25-20(21(26)27)17-9-7-15-13-23-16(12-18(15)19(17)24-25)8-6-14-4-2-1-3-5-14/h1-6,8,12-13H,7,9-11,22H2,(H,26,27)/b8-6+. The molecule has 0 radical (unpaired) electrons. The molecule has 0 fully saturated rings. The summed E-state index contributed by atoms with van der Waals surface area (Å²) in [5.41, 5.74) is 11.4. The van der Waals surface area contributed by atoms with Crippen molar-refractivity contribution in [3.05, 3.63) is 70.7 Å². The summed E-state index contributed by atoms with van der Waals surface area (Å²) in [5.74, 6) is -0.959. The molecule has 0 aliphatic heterocycles. The molecule has 1 aromatic carbocycles. The Balaban J connectivity index is 1.75. The van der Waals surface area contributed by atoms with E-state index in [-0.39, 0.29) is 5.69 Å². The highest BCUT2D eigenvalue weighted by atomic mass is 16.4. The van der Waals surface area contributed by atoms with Crippen LogP contribution in [-0.4, -0.2) is 32.4 Å². The SMILES string of the molecule is NCCn1nc2c(c1C(=O)O)CCc1cnc(/C=C/c3ccccc3)cc1-2. The summed E-state index contributed by atoms with van der Waals surface area (Å²) < 4.78 is 1.52. The van der Waals surface area contributed by atoms with Crippen LogP contribution in [-0.2, 0) is 19.4 Å². The fourth-order valence-electron chi connectivity index (χ4n) is 3.49. The third kappa shape index (κ3) is 3.27. The van der Waals surface area contributed by atoms with Crippen LogP contribution in [0.2, 0.25) is 0 Å². The third-order valence-electron chi connectivity index (χ3n) is 4.75. The van der Waals surface area contributed by atoms with E-state index < -0.39 is 5.97 Å². The molecule has 0 bridgehead atoms. The lowest BCUT2D eigenvalue weighted by Gasteiger charge is -2.15. The van der Waals surface area contributed by atoms with Crippen molar-refractivity contribution in [1.29, 1.82) is 0 Å². The number of nitrogens with two attached hydrogens (primary N) is 1. The van der Waals surface area contributed by atoms with Crippen LogP contribution in [0.1, 0.15) is 32.9 Å². The number of benzene rings is 1. The van der Waals surface area contributed by atoms with E-state index in [0.717, 1.165) is 40.1 Å². The van der Waals surface area contributed by atoms with Gasteiger partial charge < -0.3 is 10.8 Å². The molecular formula is C21H20N4O2. The summed E-state index contributed by atoms with van der Waals surface area (Å²) in [4.78, 5) is 16.3. The largest absolute Gasteiger partial charge is 0.477 e. The number of aromatic carboxylic acids is 1. The van der Waals surface area contributed by atoms with Crippen molar-refractivity contribution in [1.82, 2.24) is 14.8 Å². The molecule has 1 aliphatic rings. The Kier molecular flexibility index (Phi) is 4.56. The molecule has 0 saturated heterocycles. The van der Waals surface area contributed by atoms with E-state index in [1.807, 2.05) is 54.7 Å². The van der Waals surface area contributed by atoms with Gasteiger partial charge in [-0.05, 0) is 36.1 Å². The predicted octanol–water partition coefficient (Wildman–Crippen LogP) is 2.87. The van der Waals surface area contributed by atoms with E-state index in [9.17, 15) is 9.90 Å². The molecule has 3 aromatic rings. The Hall–Kier alpha value is -3.25. The first-order valence-corrected chi connectivity index (χ1v) is 8.93. The number of hydrogen-bond donors (Lipinski definition) is 2. The predicted molar refractivity (Wildman–Crippen MR) is 104 cm³/mol. The van der Waals surface area contributed by atoms with Crippen LogP contribution in [0.15, 0.2) is 42.6 Å². The van der Waals surface area contributed by atoms with E-state index >= 15 is 0 Å². The summed E-state index contributed by atoms with van der Waals surface area (Å²) in [7, 11) is 0. The minimum absolute atomic E-state index is 0.249. The first-order chi connectivity index (χ1) is 13.2. The van der Waals surface area contributed by atoms with E-state index in [2.05, 4.69) is 10.1 Å². The van der Waals surface area contributed by atoms with Crippen molar-refractivity contribution in [3.63, 3.8) is 0 Å². The number of carboxylic acids is 1. The number of nitrogens with zero attached hydrogens (tertiary/aromatic N) is 3. The smallest absolute Gasteiger partial charge is 0.354 e. The van der Waals surface area contributed by atoms with Crippen molar-refractivity contribution in [2.24, 2.45) is 5.73 Å². The average molecular weight is 360 g/mol. The maximum atomic E-state index is 11.7. The number of fused-ring (bicyclic) bond motifs is 3. The lowest BCUT2D eigenvalue weighted by Crippen LogP contribution is -2.17. The van der Waals surface area contributed by atoms with Gasteiger partial charge in [-0.2, -0.15) is 5.10 Å². The quantitative estimate of drug-likeness (QED) is 0.730. The fraction of sp³-hybridized carbons (Fsp3) is 0.190. The van der Waals surface area contributed by atoms with Crippen molar-refractivity contribution in [2.75, 3.05) is 6.54 Å². The molecule has 27 heavy (non-hydrogen) atoms. The van der Waals surface area contributed by atoms with Crippen LogP contribution in [0.25, 0.3) is 23.4 Å². The molecule has 6 nitrogen and oxygen atoms in total. The second-order valence-corrected chi connectivity index (χ2v) is 6.50. The van der Waals surface area contributed by atoms with Crippen LogP contribution >= 0.6 is 0 Å². The Morgan fingerprint density at radius 3 is 2.78 bits per heavy atom. The van der Waals surface area contributed by atoms with Crippen LogP contribution in [0.5, 0.6) is 0 Å². The van der Waals surface area contributed by atoms with E-state index in [1.54, 1.807) is 0 Å². The number of hydrogen-bond acceptors (Lipinski definition) is 4. The number of aryl methyl sites for hydroxylation is 1. The third-order valence-corrected chi connectivity index (χ3v) is 4.75. The van der Waals surface area contributed by atoms with Gasteiger partial charge in [0.25, 0.3) is 0 Å². The summed E-state index contributed by atoms with van der Waals surface area (Å²) >= 11 is 0. The highest BCUT2D eigenvalue weighted by Gasteiger charge is 2.28. The molecule has 0 amide bonds. The van der Waals surface area contributed by atoms with E-state index in [4.69, 9.17) is 5.73 Å². The topological polar surface area (TPSA) is 94.0 Å². The van der Waals surface area contributed by atoms with Gasteiger partial charge in [-0.15, -0.1) is 0 Å². The Labute approximate surface area is 157 Å². The Morgan fingerprint density at radius 1 is 1.22 bits per heavy atom. The summed E-state index contributed by atoms with van der Waals surface area (Å²) in [6.07, 6.45) is 7.24. The average Bonchev–Trinajstić information content (AvgIpc) is 3.06. The van der Waals surface area contributed by atoms with Crippen LogP contribution in [0.3, 0.4) is 0 Å². The molecule has 2 aromatic heterocycles. The lowest BCUT2D eigenvalue weighted by molar-refractivity contribution is 0.0682. The van der Waals surface area contributed by atoms with Crippen molar-refractivity contribution >= 4 is 18.1 Å². The van der Waals surface area contributed by atoms with Gasteiger partial charge in [0.2, 0.25) is 0 Å². The Bertz CT molecular complexity index is 1020. The summed E-state index contributed by atoms with van der Waals surface area (Å²) in [6.45, 7) is 0.727. The number of rotatable bonds is 5. The van der Waals surface area contributed by atoms with Gasteiger partial charge in [0.1, 0.15) is 5.69 Å². The number of pyridine rings is 1. The monoisotopic (exact) mass is 360 g/mol. The zero-order chi connectivity index (χ0) is 18.8. The zero-order valence-electron chi connectivity index (χ0n) is 14.8. The minimum Gasteiger partial charge on any atom is -0.477 e. The van der Waals surface area contributed by atoms with E-state index in [0.29, 0.717) is 19.5 Å². The number of aromatic nitrogens is 3. The van der Waals surface area contributed by atoms with Gasteiger partial charge in [-0.25, -0.2) is 4.79 Å². The van der Waals surface area contributed by atoms with Crippen molar-refractivity contribution < 1.29 is 9.90 Å². The minimum atomic E-state index is -0.959. The molecule has 1 aliphatic carbocycles. The highest BCUT2D eigenvalue weighted by molar-refractivity contribution is 5.91. The molecule has 3 N–H and O–H groups in total. The highest BCUT2D eigenvalue weighted by Crippen LogP contribution is 2.35. The molecule has 2 heterocycles. The van der Waals surface area contributed by atoms with Gasteiger partial charge in [0.05, 0.1) is 17.9 Å². The normalized spacial score (nSPS) is 12.8. The first kappa shape index (κ1) is 17.2. The molecule has 4 rings (SSSR count). The number of carboxylic acid groups (broad SMARTS) is 1. The molecular weight excluding hydrogens is 340 g/mol. The molecule has 0 saturated carbocycles. The van der Waals surface area contributed by atoms with Crippen molar-refractivity contribution in [2.45, 2.75) is 19.4 Å². The van der Waals surface area contributed by atoms with Gasteiger partial charge in [0.15, 0.2) is 0 Å². The zero-order valence-corrected chi connectivity index (χ0v) is 14.8. The van der Waals surface area contributed by atoms with Gasteiger partial charge >= 0.3 is 5.97 Å². The second kappa shape index (κ2) is 7.17. The molecule has 6 heteroatoms. The maximum absolute atomic E-state index is 11.7. The van der Waals surface area contributed by atoms with E-state index in [1.165, 1.54) is 4.68 Å². The van der Waals surface area contributed by atoms with Crippen LogP contribution < -0.4 is 5.73 Å². The summed E-state index contributed by atoms with van der Waals surface area (Å²) in [6, 6.07) is 12.0. The van der Waals surface area contributed by atoms with Crippen LogP contribution in [0.4, 0.5) is 0 Å². The maximum Gasteiger partial charge on any atom is 0.354 e. The van der Waals surface area contributed by atoms with Crippen LogP contribution in [0, 0.1) is 0 Å². The number of carbonyl (C=O) groups is 1. The lowest BCUT2D eigenvalue weighted by atomic mass is 9.89. The summed E-state index contributed by atoms with van der Waals surface area (Å²) in [5, 5.41) is 14.2. The molecule has 0 spiro atoms. The second-order valence-electron chi connectivity index (χ2n) is 6.50. The van der Waals surface area contributed by atoms with Gasteiger partial charge in [-0.3, -0.25) is 9.67 Å². The van der Waals surface area contributed by atoms with Crippen molar-refractivity contribution in [3.8, 4) is 11.3 Å². The fourth-order valence-corrected chi connectivity index (χ4v) is 3.49. The molecule has 0 atom stereocenters. The Morgan fingerprint density at radius 2 is 2.04 bits per heavy atom. The first-order valence-electron chi connectivity index (χ1n) is 8.93.